The van der Waals surface area contributed by atoms with E-state index >= 15 is 0 Å². The Hall–Kier alpha value is -1.66. The Labute approximate surface area is 93.0 Å². The topological polar surface area (TPSA) is 95.7 Å². The molecule has 0 fully saturated rings. The van der Waals surface area contributed by atoms with Gasteiger partial charge in [0, 0.05) is 0 Å². The third-order valence-corrected chi connectivity index (χ3v) is 2.27. The van der Waals surface area contributed by atoms with Crippen LogP contribution in [0.3, 0.4) is 0 Å². The highest BCUT2D eigenvalue weighted by atomic mass is 16.3. The van der Waals surface area contributed by atoms with Crippen LogP contribution in [-0.4, -0.2) is 41.1 Å². The standard InChI is InChI=1S/C10H13N5O/c1-2-3-4-7-14-9-8(12-6-13-9)10(11,5-16)15-7/h3-4,6,16H,2,5,11H2,1H3. The summed E-state index contributed by atoms with van der Waals surface area (Å²) in [4.78, 5) is 16.3. The molecule has 3 N–H and O–H groups in total. The molecule has 2 rings (SSSR count). The van der Waals surface area contributed by atoms with E-state index < -0.39 is 5.66 Å². The van der Waals surface area contributed by atoms with Crippen molar-refractivity contribution in [1.29, 1.82) is 0 Å². The number of hydrogen-bond acceptors (Lipinski definition) is 6. The van der Waals surface area contributed by atoms with Gasteiger partial charge in [-0.1, -0.05) is 13.0 Å². The van der Waals surface area contributed by atoms with Crippen LogP contribution in [0.2, 0.25) is 0 Å². The molecule has 0 amide bonds. The summed E-state index contributed by atoms with van der Waals surface area (Å²) in [7, 11) is 0. The molecule has 0 aromatic carbocycles. The second-order valence-corrected chi connectivity index (χ2v) is 3.52. The average molecular weight is 219 g/mol. The molecule has 0 saturated carbocycles. The Bertz CT molecular complexity index is 446. The molecular formula is C10H13N5O. The minimum absolute atomic E-state index is 0.322. The van der Waals surface area contributed by atoms with Gasteiger partial charge in [0.15, 0.2) is 17.3 Å². The van der Waals surface area contributed by atoms with Crippen LogP contribution in [0.1, 0.15) is 13.3 Å². The largest absolute Gasteiger partial charge is 0.392 e. The van der Waals surface area contributed by atoms with Crippen LogP contribution < -0.4 is 5.73 Å². The molecule has 6 heteroatoms. The normalized spacial score (nSPS) is 27.8. The van der Waals surface area contributed by atoms with Gasteiger partial charge in [-0.2, -0.15) is 0 Å². The Morgan fingerprint density at radius 1 is 1.56 bits per heavy atom. The lowest BCUT2D eigenvalue weighted by molar-refractivity contribution is 0.244. The maximum absolute atomic E-state index is 9.29. The van der Waals surface area contributed by atoms with E-state index in [4.69, 9.17) is 5.73 Å². The Morgan fingerprint density at radius 3 is 3.06 bits per heavy atom. The van der Waals surface area contributed by atoms with Crippen molar-refractivity contribution in [3.05, 3.63) is 12.2 Å². The Kier molecular flexibility index (Phi) is 2.76. The van der Waals surface area contributed by atoms with Gasteiger partial charge in [-0.3, -0.25) is 5.73 Å². The molecule has 0 radical (unpaired) electrons. The number of aliphatic hydroxyl groups is 1. The molecule has 84 valence electrons. The van der Waals surface area contributed by atoms with Crippen molar-refractivity contribution in [2.24, 2.45) is 25.7 Å². The predicted octanol–water partition coefficient (Wildman–Crippen LogP) is -0.107. The molecule has 2 aliphatic heterocycles. The zero-order valence-electron chi connectivity index (χ0n) is 8.96. The van der Waals surface area contributed by atoms with Crippen molar-refractivity contribution < 1.29 is 5.11 Å². The second-order valence-electron chi connectivity index (χ2n) is 3.52. The molecule has 0 saturated heterocycles. The van der Waals surface area contributed by atoms with Gasteiger partial charge >= 0.3 is 0 Å². The van der Waals surface area contributed by atoms with Crippen LogP contribution in [0.25, 0.3) is 0 Å². The van der Waals surface area contributed by atoms with E-state index in [1.165, 1.54) is 6.34 Å². The maximum Gasteiger partial charge on any atom is 0.181 e. The van der Waals surface area contributed by atoms with E-state index in [1.807, 2.05) is 13.0 Å². The number of aliphatic imine (C=N–C) groups is 4. The molecule has 2 aliphatic rings. The summed E-state index contributed by atoms with van der Waals surface area (Å²) >= 11 is 0. The van der Waals surface area contributed by atoms with Gasteiger partial charge < -0.3 is 5.11 Å². The predicted molar refractivity (Wildman–Crippen MR) is 64.2 cm³/mol. The molecule has 1 unspecified atom stereocenters. The minimum Gasteiger partial charge on any atom is -0.392 e. The lowest BCUT2D eigenvalue weighted by Crippen LogP contribution is -2.54. The van der Waals surface area contributed by atoms with E-state index in [1.54, 1.807) is 6.08 Å². The Morgan fingerprint density at radius 2 is 2.38 bits per heavy atom. The zero-order valence-corrected chi connectivity index (χ0v) is 8.96. The van der Waals surface area contributed by atoms with E-state index in [9.17, 15) is 5.11 Å². The first-order valence-corrected chi connectivity index (χ1v) is 5.05. The molecule has 2 heterocycles. The summed E-state index contributed by atoms with van der Waals surface area (Å²) in [6, 6.07) is 0. The number of nitrogens with two attached hydrogens (primary N) is 1. The van der Waals surface area contributed by atoms with Gasteiger partial charge in [0.25, 0.3) is 0 Å². The van der Waals surface area contributed by atoms with Gasteiger partial charge in [-0.25, -0.2) is 20.0 Å². The summed E-state index contributed by atoms with van der Waals surface area (Å²) in [5, 5.41) is 9.29. The number of aliphatic hydroxyl groups excluding tert-OH is 1. The molecule has 0 aliphatic carbocycles. The fourth-order valence-corrected chi connectivity index (χ4v) is 1.45. The van der Waals surface area contributed by atoms with E-state index in [-0.39, 0.29) is 6.61 Å². The number of nitrogens with zero attached hydrogens (tertiary/aromatic N) is 4. The Balaban J connectivity index is 2.39. The molecule has 1 atom stereocenters. The second kappa shape index (κ2) is 4.07. The first-order chi connectivity index (χ1) is 7.69. The van der Waals surface area contributed by atoms with E-state index in [2.05, 4.69) is 20.0 Å². The number of amidine groups is 2. The summed E-state index contributed by atoms with van der Waals surface area (Å²) in [5.74, 6) is 0.897. The van der Waals surface area contributed by atoms with Gasteiger partial charge in [0.05, 0.1) is 6.61 Å². The smallest absolute Gasteiger partial charge is 0.181 e. The van der Waals surface area contributed by atoms with Gasteiger partial charge in [-0.05, 0) is 12.5 Å². The van der Waals surface area contributed by atoms with Crippen molar-refractivity contribution >= 4 is 23.7 Å². The van der Waals surface area contributed by atoms with Crippen LogP contribution in [0.5, 0.6) is 0 Å². The fraction of sp³-hybridized carbons (Fsp3) is 0.400. The minimum atomic E-state index is -1.22. The van der Waals surface area contributed by atoms with Crippen LogP contribution in [0.15, 0.2) is 32.1 Å². The highest BCUT2D eigenvalue weighted by Crippen LogP contribution is 2.17. The molecule has 0 spiro atoms. The first-order valence-electron chi connectivity index (χ1n) is 5.05. The summed E-state index contributed by atoms with van der Waals surface area (Å²) in [6.45, 7) is 1.69. The third-order valence-electron chi connectivity index (χ3n) is 2.27. The number of rotatable bonds is 3. The quantitative estimate of drug-likeness (QED) is 0.692. The van der Waals surface area contributed by atoms with Crippen LogP contribution >= 0.6 is 0 Å². The zero-order chi connectivity index (χ0) is 11.6. The summed E-state index contributed by atoms with van der Waals surface area (Å²) in [6.07, 6.45) is 5.93. The van der Waals surface area contributed by atoms with E-state index in [0.29, 0.717) is 17.4 Å². The van der Waals surface area contributed by atoms with Crippen molar-refractivity contribution in [2.75, 3.05) is 6.61 Å². The van der Waals surface area contributed by atoms with E-state index in [0.717, 1.165) is 6.42 Å². The van der Waals surface area contributed by atoms with Crippen molar-refractivity contribution in [2.45, 2.75) is 19.0 Å². The van der Waals surface area contributed by atoms with Crippen molar-refractivity contribution in [3.8, 4) is 0 Å². The summed E-state index contributed by atoms with van der Waals surface area (Å²) < 4.78 is 0. The molecular weight excluding hydrogens is 206 g/mol. The maximum atomic E-state index is 9.29. The molecule has 16 heavy (non-hydrogen) atoms. The van der Waals surface area contributed by atoms with Crippen molar-refractivity contribution in [1.82, 2.24) is 0 Å². The molecule has 0 aromatic heterocycles. The fourth-order valence-electron chi connectivity index (χ4n) is 1.45. The first kappa shape index (κ1) is 10.8. The number of hydrogen-bond donors (Lipinski definition) is 2. The van der Waals surface area contributed by atoms with Crippen LogP contribution in [0.4, 0.5) is 0 Å². The lowest BCUT2D eigenvalue weighted by atomic mass is 10.0. The highest BCUT2D eigenvalue weighted by molar-refractivity contribution is 6.51. The molecule has 0 aromatic rings. The summed E-state index contributed by atoms with van der Waals surface area (Å²) in [5.41, 5.74) is 5.14. The monoisotopic (exact) mass is 219 g/mol. The van der Waals surface area contributed by atoms with Gasteiger partial charge in [-0.15, -0.1) is 0 Å². The van der Waals surface area contributed by atoms with Crippen molar-refractivity contribution in [3.63, 3.8) is 0 Å². The number of fused-ring (bicyclic) bond motifs is 1. The van der Waals surface area contributed by atoms with Crippen LogP contribution in [0, 0.1) is 0 Å². The lowest BCUT2D eigenvalue weighted by Gasteiger charge is -2.25. The molecule has 0 bridgehead atoms. The molecule has 6 nitrogen and oxygen atoms in total. The van der Waals surface area contributed by atoms with Gasteiger partial charge in [0.2, 0.25) is 0 Å². The average Bonchev–Trinajstić information content (AvgIpc) is 2.75. The third kappa shape index (κ3) is 1.72. The number of allylic oxidation sites excluding steroid dienone is 1. The SMILES string of the molecule is CCC=CC1=NC(N)(CO)C2=NC=NC2=N1. The van der Waals surface area contributed by atoms with Crippen LogP contribution in [-0.2, 0) is 0 Å². The highest BCUT2D eigenvalue weighted by Gasteiger charge is 2.38. The van der Waals surface area contributed by atoms with Gasteiger partial charge in [0.1, 0.15) is 12.1 Å².